The molecule has 4 heteroatoms. The van der Waals surface area contributed by atoms with Crippen LogP contribution in [0, 0.1) is 5.92 Å². The second kappa shape index (κ2) is 5.28. The fourth-order valence-electron chi connectivity index (χ4n) is 1.56. The van der Waals surface area contributed by atoms with Crippen molar-refractivity contribution in [2.24, 2.45) is 5.92 Å². The van der Waals surface area contributed by atoms with Crippen LogP contribution in [0.4, 0.5) is 5.69 Å². The van der Waals surface area contributed by atoms with E-state index in [1.54, 1.807) is 0 Å². The quantitative estimate of drug-likeness (QED) is 0.874. The van der Waals surface area contributed by atoms with E-state index in [2.05, 4.69) is 21.2 Å². The molecule has 1 fully saturated rings. The van der Waals surface area contributed by atoms with Crippen molar-refractivity contribution in [2.45, 2.75) is 19.8 Å². The molecule has 16 heavy (non-hydrogen) atoms. The fraction of sp³-hybridized carbons (Fsp3) is 0.500. The van der Waals surface area contributed by atoms with Crippen LogP contribution < -0.4 is 10.1 Å². The molecule has 0 unspecified atom stereocenters. The van der Waals surface area contributed by atoms with E-state index in [0.29, 0.717) is 11.6 Å². The lowest BCUT2D eigenvalue weighted by Gasteiger charge is -2.14. The van der Waals surface area contributed by atoms with Crippen LogP contribution in [0.1, 0.15) is 19.8 Å². The minimum atomic E-state index is 0.651. The highest BCUT2D eigenvalue weighted by Crippen LogP contribution is 2.38. The molecule has 1 aliphatic carbocycles. The van der Waals surface area contributed by atoms with Crippen LogP contribution in [-0.4, -0.2) is 13.2 Å². The van der Waals surface area contributed by atoms with Gasteiger partial charge in [0, 0.05) is 11.6 Å². The highest BCUT2D eigenvalue weighted by molar-refractivity contribution is 9.10. The Morgan fingerprint density at radius 3 is 2.88 bits per heavy atom. The summed E-state index contributed by atoms with van der Waals surface area (Å²) in [6.45, 7) is 3.64. The molecule has 0 saturated heterocycles. The largest absolute Gasteiger partial charge is 0.491 e. The summed E-state index contributed by atoms with van der Waals surface area (Å²) in [6.07, 6.45) is 2.66. The molecule has 0 spiro atoms. The summed E-state index contributed by atoms with van der Waals surface area (Å²) in [5.41, 5.74) is 0.980. The number of benzene rings is 1. The zero-order valence-electron chi connectivity index (χ0n) is 9.22. The predicted molar refractivity (Wildman–Crippen MR) is 71.5 cm³/mol. The van der Waals surface area contributed by atoms with Gasteiger partial charge in [-0.25, -0.2) is 0 Å². The van der Waals surface area contributed by atoms with Crippen molar-refractivity contribution in [3.8, 4) is 5.75 Å². The van der Waals surface area contributed by atoms with Crippen LogP contribution in [-0.2, 0) is 0 Å². The van der Waals surface area contributed by atoms with Gasteiger partial charge in [-0.1, -0.05) is 11.6 Å². The van der Waals surface area contributed by atoms with Crippen molar-refractivity contribution < 1.29 is 4.74 Å². The standard InChI is InChI=1S/C12H15BrClNO/c1-2-16-12-10(13)5-9(14)6-11(12)15-7-8-3-4-8/h5-6,8,15H,2-4,7H2,1H3. The van der Waals surface area contributed by atoms with Gasteiger partial charge < -0.3 is 10.1 Å². The maximum absolute atomic E-state index is 6.03. The Morgan fingerprint density at radius 1 is 1.50 bits per heavy atom. The Labute approximate surface area is 109 Å². The minimum Gasteiger partial charge on any atom is -0.491 e. The summed E-state index contributed by atoms with van der Waals surface area (Å²) in [6, 6.07) is 3.77. The smallest absolute Gasteiger partial charge is 0.156 e. The minimum absolute atomic E-state index is 0.651. The summed E-state index contributed by atoms with van der Waals surface area (Å²) < 4.78 is 6.51. The average Bonchev–Trinajstić information content (AvgIpc) is 3.03. The molecule has 1 saturated carbocycles. The van der Waals surface area contributed by atoms with Crippen LogP contribution in [0.5, 0.6) is 5.75 Å². The summed E-state index contributed by atoms with van der Waals surface area (Å²) >= 11 is 9.50. The lowest BCUT2D eigenvalue weighted by molar-refractivity contribution is 0.339. The first-order valence-corrected chi connectivity index (χ1v) is 6.73. The molecule has 2 nitrogen and oxygen atoms in total. The van der Waals surface area contributed by atoms with E-state index in [1.807, 2.05) is 19.1 Å². The molecule has 1 aromatic carbocycles. The summed E-state index contributed by atoms with van der Waals surface area (Å²) in [5.74, 6) is 1.68. The average molecular weight is 305 g/mol. The first-order valence-electron chi connectivity index (χ1n) is 5.56. The molecule has 0 radical (unpaired) electrons. The van der Waals surface area contributed by atoms with Crippen molar-refractivity contribution in [1.82, 2.24) is 0 Å². The van der Waals surface area contributed by atoms with Gasteiger partial charge in [0.25, 0.3) is 0 Å². The highest BCUT2D eigenvalue weighted by atomic mass is 79.9. The lowest BCUT2D eigenvalue weighted by atomic mass is 10.2. The molecule has 0 aliphatic heterocycles. The monoisotopic (exact) mass is 303 g/mol. The van der Waals surface area contributed by atoms with E-state index < -0.39 is 0 Å². The normalized spacial score (nSPS) is 14.9. The third-order valence-electron chi connectivity index (χ3n) is 2.58. The van der Waals surface area contributed by atoms with Gasteiger partial charge in [0.1, 0.15) is 0 Å². The van der Waals surface area contributed by atoms with E-state index in [0.717, 1.165) is 28.4 Å². The number of nitrogens with one attached hydrogen (secondary N) is 1. The third kappa shape index (κ3) is 3.05. The van der Waals surface area contributed by atoms with E-state index >= 15 is 0 Å². The molecule has 1 N–H and O–H groups in total. The van der Waals surface area contributed by atoms with Gasteiger partial charge in [-0.3, -0.25) is 0 Å². The SMILES string of the molecule is CCOc1c(Br)cc(Cl)cc1NCC1CC1. The van der Waals surface area contributed by atoms with Crippen molar-refractivity contribution in [2.75, 3.05) is 18.5 Å². The van der Waals surface area contributed by atoms with Gasteiger partial charge in [-0.05, 0) is 53.7 Å². The zero-order chi connectivity index (χ0) is 11.5. The van der Waals surface area contributed by atoms with Crippen LogP contribution >= 0.6 is 27.5 Å². The first-order chi connectivity index (χ1) is 7.70. The molecule has 2 rings (SSSR count). The van der Waals surface area contributed by atoms with Crippen molar-refractivity contribution in [1.29, 1.82) is 0 Å². The molecule has 0 heterocycles. The molecular weight excluding hydrogens is 289 g/mol. The van der Waals surface area contributed by atoms with Gasteiger partial charge in [0.15, 0.2) is 5.75 Å². The number of halogens is 2. The Balaban J connectivity index is 2.16. The first kappa shape index (κ1) is 12.1. The van der Waals surface area contributed by atoms with Crippen molar-refractivity contribution >= 4 is 33.2 Å². The molecule has 0 amide bonds. The van der Waals surface area contributed by atoms with E-state index in [-0.39, 0.29) is 0 Å². The van der Waals surface area contributed by atoms with Crippen LogP contribution in [0.15, 0.2) is 16.6 Å². The Bertz CT molecular complexity index is 380. The van der Waals surface area contributed by atoms with Crippen LogP contribution in [0.3, 0.4) is 0 Å². The van der Waals surface area contributed by atoms with E-state index in [9.17, 15) is 0 Å². The van der Waals surface area contributed by atoms with Gasteiger partial charge in [-0.2, -0.15) is 0 Å². The molecule has 88 valence electrons. The fourth-order valence-corrected chi connectivity index (χ4v) is 2.48. The Kier molecular flexibility index (Phi) is 3.98. The molecular formula is C12H15BrClNO. The Morgan fingerprint density at radius 2 is 2.25 bits per heavy atom. The Hall–Kier alpha value is -0.410. The third-order valence-corrected chi connectivity index (χ3v) is 3.38. The number of anilines is 1. The van der Waals surface area contributed by atoms with E-state index in [1.165, 1.54) is 12.8 Å². The van der Waals surface area contributed by atoms with Crippen LogP contribution in [0.25, 0.3) is 0 Å². The van der Waals surface area contributed by atoms with Gasteiger partial charge in [-0.15, -0.1) is 0 Å². The second-order valence-electron chi connectivity index (χ2n) is 4.02. The molecule has 1 aliphatic rings. The molecule has 0 aromatic heterocycles. The molecule has 0 atom stereocenters. The van der Waals surface area contributed by atoms with E-state index in [4.69, 9.17) is 16.3 Å². The summed E-state index contributed by atoms with van der Waals surface area (Å²) in [4.78, 5) is 0. The zero-order valence-corrected chi connectivity index (χ0v) is 11.6. The maximum atomic E-state index is 6.03. The second-order valence-corrected chi connectivity index (χ2v) is 5.31. The van der Waals surface area contributed by atoms with Crippen molar-refractivity contribution in [3.63, 3.8) is 0 Å². The number of rotatable bonds is 5. The number of ether oxygens (including phenoxy) is 1. The highest BCUT2D eigenvalue weighted by Gasteiger charge is 2.21. The molecule has 1 aromatic rings. The number of hydrogen-bond acceptors (Lipinski definition) is 2. The summed E-state index contributed by atoms with van der Waals surface area (Å²) in [5, 5.41) is 4.12. The number of hydrogen-bond donors (Lipinski definition) is 1. The lowest BCUT2D eigenvalue weighted by Crippen LogP contribution is -2.06. The predicted octanol–water partition coefficient (Wildman–Crippen LogP) is 4.32. The topological polar surface area (TPSA) is 21.3 Å². The van der Waals surface area contributed by atoms with Crippen LogP contribution in [0.2, 0.25) is 5.02 Å². The van der Waals surface area contributed by atoms with Gasteiger partial charge in [0.05, 0.1) is 16.8 Å². The maximum Gasteiger partial charge on any atom is 0.156 e. The van der Waals surface area contributed by atoms with Crippen molar-refractivity contribution in [3.05, 3.63) is 21.6 Å². The van der Waals surface area contributed by atoms with Gasteiger partial charge in [0.2, 0.25) is 0 Å². The molecule has 0 bridgehead atoms. The summed E-state index contributed by atoms with van der Waals surface area (Å²) in [7, 11) is 0. The van der Waals surface area contributed by atoms with Gasteiger partial charge >= 0.3 is 0 Å².